The molecular formula is C24H32N2O5S. The predicted molar refractivity (Wildman–Crippen MR) is 128 cm³/mol. The number of hydrogen-bond donors (Lipinski definition) is 1. The quantitative estimate of drug-likeness (QED) is 0.371. The van der Waals surface area contributed by atoms with Crippen molar-refractivity contribution in [3.05, 3.63) is 54.1 Å². The first-order valence-corrected chi connectivity index (χ1v) is 12.2. The van der Waals surface area contributed by atoms with E-state index in [1.54, 1.807) is 19.9 Å². The van der Waals surface area contributed by atoms with Gasteiger partial charge in [0.2, 0.25) is 15.9 Å². The Balaban J connectivity index is 2.13. The monoisotopic (exact) mass is 460 g/mol. The number of anilines is 1. The topological polar surface area (TPSA) is 84.9 Å². The first kappa shape index (κ1) is 25.4. The number of unbranched alkanes of at least 4 members (excludes halogenated alkanes) is 1. The van der Waals surface area contributed by atoms with E-state index in [1.807, 2.05) is 24.3 Å². The van der Waals surface area contributed by atoms with Gasteiger partial charge < -0.3 is 14.8 Å². The number of carbonyl (C=O) groups is 1. The molecule has 0 fully saturated rings. The third kappa shape index (κ3) is 6.83. The number of nitrogens with zero attached hydrogens (tertiary/aromatic N) is 1. The van der Waals surface area contributed by atoms with Crippen molar-refractivity contribution < 1.29 is 22.7 Å². The summed E-state index contributed by atoms with van der Waals surface area (Å²) in [4.78, 5) is 12.6. The molecule has 7 nitrogen and oxygen atoms in total. The van der Waals surface area contributed by atoms with Gasteiger partial charge in [-0.3, -0.25) is 4.79 Å². The van der Waals surface area contributed by atoms with Crippen molar-refractivity contribution in [1.82, 2.24) is 4.31 Å². The van der Waals surface area contributed by atoms with Crippen LogP contribution in [-0.4, -0.2) is 45.4 Å². The van der Waals surface area contributed by atoms with E-state index in [4.69, 9.17) is 9.47 Å². The zero-order valence-corrected chi connectivity index (χ0v) is 19.9. The summed E-state index contributed by atoms with van der Waals surface area (Å²) in [5.74, 6) is 0.763. The zero-order valence-electron chi connectivity index (χ0n) is 19.1. The number of rotatable bonds is 12. The van der Waals surface area contributed by atoms with Crippen LogP contribution in [0.1, 0.15) is 39.2 Å². The lowest BCUT2D eigenvalue weighted by Crippen LogP contribution is -2.30. The molecule has 0 saturated heterocycles. The summed E-state index contributed by atoms with van der Waals surface area (Å²) in [7, 11) is -2.19. The van der Waals surface area contributed by atoms with E-state index in [1.165, 1.54) is 35.7 Å². The zero-order chi connectivity index (χ0) is 23.6. The molecule has 1 amide bonds. The van der Waals surface area contributed by atoms with Gasteiger partial charge in [-0.25, -0.2) is 8.42 Å². The van der Waals surface area contributed by atoms with Gasteiger partial charge in [0.05, 0.1) is 24.3 Å². The van der Waals surface area contributed by atoms with Crippen LogP contribution in [0.15, 0.2) is 53.4 Å². The Bertz CT molecular complexity index is 1010. The predicted octanol–water partition coefficient (Wildman–Crippen LogP) is 4.56. The van der Waals surface area contributed by atoms with E-state index in [0.717, 1.165) is 24.2 Å². The minimum Gasteiger partial charge on any atom is -0.495 e. The number of carbonyl (C=O) groups excluding carboxylic acids is 1. The largest absolute Gasteiger partial charge is 0.495 e. The van der Waals surface area contributed by atoms with Crippen LogP contribution < -0.4 is 14.8 Å². The summed E-state index contributed by atoms with van der Waals surface area (Å²) >= 11 is 0. The molecule has 32 heavy (non-hydrogen) atoms. The Morgan fingerprint density at radius 1 is 1.06 bits per heavy atom. The summed E-state index contributed by atoms with van der Waals surface area (Å²) < 4.78 is 37.9. The number of amides is 1. The van der Waals surface area contributed by atoms with Gasteiger partial charge in [-0.05, 0) is 48.4 Å². The van der Waals surface area contributed by atoms with E-state index in [2.05, 4.69) is 12.2 Å². The molecule has 0 saturated carbocycles. The molecule has 0 aliphatic heterocycles. The molecule has 0 bridgehead atoms. The van der Waals surface area contributed by atoms with Gasteiger partial charge in [-0.2, -0.15) is 4.31 Å². The Morgan fingerprint density at radius 3 is 2.34 bits per heavy atom. The van der Waals surface area contributed by atoms with E-state index in [-0.39, 0.29) is 10.6 Å². The standard InChI is InChI=1S/C24H32N2O5S/c1-5-8-17-31-20-12-9-19(10-13-20)11-16-24(27)25-22-18-21(14-15-23(22)30-4)32(28,29)26(6-2)7-3/h9-16,18H,5-8,17H2,1-4H3,(H,25,27)/b16-11+. The van der Waals surface area contributed by atoms with Crippen molar-refractivity contribution in [1.29, 1.82) is 0 Å². The number of sulfonamides is 1. The Labute approximate surface area is 191 Å². The van der Waals surface area contributed by atoms with E-state index >= 15 is 0 Å². The third-order valence-corrected chi connectivity index (χ3v) is 6.89. The number of ether oxygens (including phenoxy) is 2. The fraction of sp³-hybridized carbons (Fsp3) is 0.375. The van der Waals surface area contributed by atoms with Gasteiger partial charge in [0.25, 0.3) is 0 Å². The maximum atomic E-state index is 12.8. The normalized spacial score (nSPS) is 11.7. The second-order valence-electron chi connectivity index (χ2n) is 7.05. The molecule has 1 N–H and O–H groups in total. The van der Waals surface area contributed by atoms with Crippen LogP contribution in [-0.2, 0) is 14.8 Å². The minimum atomic E-state index is -3.66. The average molecular weight is 461 g/mol. The van der Waals surface area contributed by atoms with Crippen LogP contribution in [0.5, 0.6) is 11.5 Å². The van der Waals surface area contributed by atoms with Crippen LogP contribution in [0.2, 0.25) is 0 Å². The summed E-state index contributed by atoms with van der Waals surface area (Å²) in [6, 6.07) is 11.9. The molecule has 2 rings (SSSR count). The molecule has 0 unspecified atom stereocenters. The molecular weight excluding hydrogens is 428 g/mol. The van der Waals surface area contributed by atoms with Crippen LogP contribution in [0.4, 0.5) is 5.69 Å². The van der Waals surface area contributed by atoms with E-state index < -0.39 is 15.9 Å². The highest BCUT2D eigenvalue weighted by atomic mass is 32.2. The Hall–Kier alpha value is -2.84. The molecule has 0 heterocycles. The molecule has 0 aromatic heterocycles. The van der Waals surface area contributed by atoms with E-state index in [0.29, 0.717) is 25.4 Å². The van der Waals surface area contributed by atoms with Crippen molar-refractivity contribution in [2.75, 3.05) is 32.1 Å². The Morgan fingerprint density at radius 2 is 1.75 bits per heavy atom. The highest BCUT2D eigenvalue weighted by Crippen LogP contribution is 2.29. The molecule has 2 aromatic rings. The average Bonchev–Trinajstić information content (AvgIpc) is 2.79. The van der Waals surface area contributed by atoms with Crippen molar-refractivity contribution in [3.8, 4) is 11.5 Å². The van der Waals surface area contributed by atoms with Crippen molar-refractivity contribution in [2.45, 2.75) is 38.5 Å². The Kier molecular flexibility index (Phi) is 9.74. The first-order chi connectivity index (χ1) is 15.3. The fourth-order valence-corrected chi connectivity index (χ4v) is 4.50. The SMILES string of the molecule is CCCCOc1ccc(/C=C/C(=O)Nc2cc(S(=O)(=O)N(CC)CC)ccc2OC)cc1. The lowest BCUT2D eigenvalue weighted by atomic mass is 10.2. The van der Waals surface area contributed by atoms with E-state index in [9.17, 15) is 13.2 Å². The number of hydrogen-bond acceptors (Lipinski definition) is 5. The maximum Gasteiger partial charge on any atom is 0.248 e. The van der Waals surface area contributed by atoms with Gasteiger partial charge in [0.1, 0.15) is 11.5 Å². The number of benzene rings is 2. The lowest BCUT2D eigenvalue weighted by Gasteiger charge is -2.19. The van der Waals surface area contributed by atoms with Crippen LogP contribution in [0.25, 0.3) is 6.08 Å². The van der Waals surface area contributed by atoms with Crippen molar-refractivity contribution in [2.24, 2.45) is 0 Å². The highest BCUT2D eigenvalue weighted by molar-refractivity contribution is 7.89. The van der Waals surface area contributed by atoms with Crippen LogP contribution in [0.3, 0.4) is 0 Å². The summed E-state index contributed by atoms with van der Waals surface area (Å²) in [5, 5.41) is 2.71. The van der Waals surface area contributed by atoms with Crippen molar-refractivity contribution >= 4 is 27.7 Å². The molecule has 0 aliphatic carbocycles. The molecule has 8 heteroatoms. The van der Waals surface area contributed by atoms with Crippen LogP contribution >= 0.6 is 0 Å². The lowest BCUT2D eigenvalue weighted by molar-refractivity contribution is -0.111. The number of methoxy groups -OCH3 is 1. The van der Waals surface area contributed by atoms with Gasteiger partial charge in [0, 0.05) is 19.2 Å². The van der Waals surface area contributed by atoms with Gasteiger partial charge in [-0.1, -0.05) is 39.3 Å². The third-order valence-electron chi connectivity index (χ3n) is 4.85. The summed E-state index contributed by atoms with van der Waals surface area (Å²) in [6.07, 6.45) is 5.14. The minimum absolute atomic E-state index is 0.0972. The smallest absolute Gasteiger partial charge is 0.248 e. The molecule has 0 radical (unpaired) electrons. The van der Waals surface area contributed by atoms with Crippen LogP contribution in [0, 0.1) is 0 Å². The molecule has 2 aromatic carbocycles. The molecule has 0 aliphatic rings. The van der Waals surface area contributed by atoms with Gasteiger partial charge in [0.15, 0.2) is 0 Å². The molecule has 0 atom stereocenters. The number of nitrogens with one attached hydrogen (secondary N) is 1. The molecule has 0 spiro atoms. The second kappa shape index (κ2) is 12.3. The first-order valence-electron chi connectivity index (χ1n) is 10.8. The molecule has 174 valence electrons. The van der Waals surface area contributed by atoms with Gasteiger partial charge in [-0.15, -0.1) is 0 Å². The highest BCUT2D eigenvalue weighted by Gasteiger charge is 2.23. The summed E-state index contributed by atoms with van der Waals surface area (Å²) in [5.41, 5.74) is 1.13. The maximum absolute atomic E-state index is 12.8. The fourth-order valence-electron chi connectivity index (χ4n) is 3.01. The second-order valence-corrected chi connectivity index (χ2v) is 8.98. The van der Waals surface area contributed by atoms with Gasteiger partial charge >= 0.3 is 0 Å². The van der Waals surface area contributed by atoms with Crippen molar-refractivity contribution in [3.63, 3.8) is 0 Å². The summed E-state index contributed by atoms with van der Waals surface area (Å²) in [6.45, 7) is 7.07.